The van der Waals surface area contributed by atoms with Gasteiger partial charge in [-0.2, -0.15) is 0 Å². The van der Waals surface area contributed by atoms with Crippen LogP contribution >= 0.6 is 0 Å². The molecule has 0 aromatic heterocycles. The van der Waals surface area contributed by atoms with Crippen LogP contribution in [0.2, 0.25) is 0 Å². The zero-order valence-electron chi connectivity index (χ0n) is 14.7. The Bertz CT molecular complexity index is 957. The van der Waals surface area contributed by atoms with Gasteiger partial charge in [0.25, 0.3) is 5.69 Å². The predicted molar refractivity (Wildman–Crippen MR) is 102 cm³/mol. The average molecular weight is 375 g/mol. The molecule has 0 fully saturated rings. The van der Waals surface area contributed by atoms with E-state index < -0.39 is 14.8 Å². The Balaban J connectivity index is 1.85. The Kier molecular flexibility index (Phi) is 4.86. The summed E-state index contributed by atoms with van der Waals surface area (Å²) >= 11 is 0. The Morgan fingerprint density at radius 1 is 1.23 bits per heavy atom. The molecule has 0 aliphatic carbocycles. The van der Waals surface area contributed by atoms with Crippen molar-refractivity contribution in [1.29, 1.82) is 0 Å². The van der Waals surface area contributed by atoms with Crippen molar-refractivity contribution in [3.8, 4) is 0 Å². The molecule has 7 nitrogen and oxygen atoms in total. The maximum Gasteiger partial charge on any atom is 0.270 e. The maximum absolute atomic E-state index is 12.0. The number of nitrogens with one attached hydrogen (secondary N) is 1. The lowest BCUT2D eigenvalue weighted by molar-refractivity contribution is -0.385. The largest absolute Gasteiger partial charge is 0.380 e. The molecular formula is C18H21N3O4S. The number of hydrogen-bond donors (Lipinski definition) is 1. The van der Waals surface area contributed by atoms with Gasteiger partial charge in [0, 0.05) is 44.2 Å². The minimum absolute atomic E-state index is 0.0654. The van der Waals surface area contributed by atoms with Crippen LogP contribution in [0.1, 0.15) is 17.5 Å². The zero-order valence-corrected chi connectivity index (χ0v) is 15.5. The lowest BCUT2D eigenvalue weighted by atomic mass is 9.99. The summed E-state index contributed by atoms with van der Waals surface area (Å²) in [6.07, 6.45) is 3.19. The van der Waals surface area contributed by atoms with E-state index in [1.165, 1.54) is 23.4 Å². The van der Waals surface area contributed by atoms with Crippen LogP contribution in [0.3, 0.4) is 0 Å². The molecule has 0 spiro atoms. The van der Waals surface area contributed by atoms with Crippen molar-refractivity contribution in [3.05, 3.63) is 57.6 Å². The van der Waals surface area contributed by atoms with Crippen molar-refractivity contribution in [3.63, 3.8) is 0 Å². The second kappa shape index (κ2) is 6.95. The Morgan fingerprint density at radius 2 is 2.00 bits per heavy atom. The molecule has 0 bridgehead atoms. The highest BCUT2D eigenvalue weighted by atomic mass is 32.2. The van der Waals surface area contributed by atoms with Crippen LogP contribution in [0.4, 0.5) is 17.1 Å². The van der Waals surface area contributed by atoms with E-state index in [2.05, 4.69) is 29.4 Å². The molecule has 1 N–H and O–H groups in total. The minimum atomic E-state index is -3.59. The first-order valence-electron chi connectivity index (χ1n) is 8.31. The van der Waals surface area contributed by atoms with Crippen molar-refractivity contribution < 1.29 is 13.3 Å². The first kappa shape index (κ1) is 18.2. The summed E-state index contributed by atoms with van der Waals surface area (Å²) in [6.45, 7) is 1.49. The van der Waals surface area contributed by atoms with Gasteiger partial charge >= 0.3 is 0 Å². The molecule has 0 unspecified atom stereocenters. The lowest BCUT2D eigenvalue weighted by Gasteiger charge is -2.28. The number of nitro benzene ring substituents is 1. The highest BCUT2D eigenvalue weighted by molar-refractivity contribution is 7.90. The number of sulfone groups is 1. The van der Waals surface area contributed by atoms with Crippen LogP contribution < -0.4 is 10.2 Å². The SMILES string of the molecule is CN1CCCc2cc(CNc3ccc([N+](=O)[O-])cc3S(C)(=O)=O)ccc21. The summed E-state index contributed by atoms with van der Waals surface area (Å²) in [5.41, 5.74) is 3.68. The molecule has 0 saturated heterocycles. The van der Waals surface area contributed by atoms with Crippen LogP contribution in [0.5, 0.6) is 0 Å². The monoisotopic (exact) mass is 375 g/mol. The minimum Gasteiger partial charge on any atom is -0.380 e. The molecular weight excluding hydrogens is 354 g/mol. The number of nitrogens with zero attached hydrogens (tertiary/aromatic N) is 2. The molecule has 1 heterocycles. The van der Waals surface area contributed by atoms with Crippen molar-refractivity contribution in [2.45, 2.75) is 24.3 Å². The number of aryl methyl sites for hydroxylation is 1. The average Bonchev–Trinajstić information content (AvgIpc) is 2.59. The van der Waals surface area contributed by atoms with Crippen molar-refractivity contribution in [2.24, 2.45) is 0 Å². The first-order valence-corrected chi connectivity index (χ1v) is 10.2. The number of non-ortho nitro benzene ring substituents is 1. The molecule has 138 valence electrons. The summed E-state index contributed by atoms with van der Waals surface area (Å²) in [5, 5.41) is 14.0. The highest BCUT2D eigenvalue weighted by Gasteiger charge is 2.19. The molecule has 3 rings (SSSR count). The molecule has 0 amide bonds. The summed E-state index contributed by atoms with van der Waals surface area (Å²) in [4.78, 5) is 12.5. The Hall–Kier alpha value is -2.61. The third-order valence-corrected chi connectivity index (χ3v) is 5.69. The fourth-order valence-electron chi connectivity index (χ4n) is 3.22. The molecule has 2 aromatic rings. The van der Waals surface area contributed by atoms with Crippen molar-refractivity contribution >= 4 is 26.9 Å². The first-order chi connectivity index (χ1) is 12.3. The van der Waals surface area contributed by atoms with Gasteiger partial charge in [-0.1, -0.05) is 12.1 Å². The van der Waals surface area contributed by atoms with E-state index in [4.69, 9.17) is 0 Å². The Morgan fingerprint density at radius 3 is 2.69 bits per heavy atom. The third kappa shape index (κ3) is 3.80. The van der Waals surface area contributed by atoms with Gasteiger partial charge < -0.3 is 10.2 Å². The van der Waals surface area contributed by atoms with Gasteiger partial charge in [-0.25, -0.2) is 8.42 Å². The zero-order chi connectivity index (χ0) is 18.9. The number of hydrogen-bond acceptors (Lipinski definition) is 6. The number of anilines is 2. The molecule has 0 atom stereocenters. The van der Waals surface area contributed by atoms with E-state index in [1.807, 2.05) is 6.07 Å². The second-order valence-corrected chi connectivity index (χ2v) is 8.54. The molecule has 1 aliphatic heterocycles. The molecule has 1 aliphatic rings. The fourth-order valence-corrected chi connectivity index (χ4v) is 4.10. The number of fused-ring (bicyclic) bond motifs is 1. The Labute approximate surface area is 152 Å². The highest BCUT2D eigenvalue weighted by Crippen LogP contribution is 2.29. The van der Waals surface area contributed by atoms with Gasteiger partial charge in [0.05, 0.1) is 15.5 Å². The van der Waals surface area contributed by atoms with E-state index in [-0.39, 0.29) is 10.6 Å². The number of benzene rings is 2. The normalized spacial score (nSPS) is 14.0. The molecule has 26 heavy (non-hydrogen) atoms. The van der Waals surface area contributed by atoms with E-state index in [0.29, 0.717) is 12.2 Å². The van der Waals surface area contributed by atoms with Gasteiger partial charge in [-0.15, -0.1) is 0 Å². The van der Waals surface area contributed by atoms with Gasteiger partial charge in [0.1, 0.15) is 0 Å². The van der Waals surface area contributed by atoms with Crippen LogP contribution in [0.25, 0.3) is 0 Å². The predicted octanol–water partition coefficient (Wildman–Crippen LogP) is 2.99. The van der Waals surface area contributed by atoms with Crippen LogP contribution in [-0.2, 0) is 22.8 Å². The quantitative estimate of drug-likeness (QED) is 0.638. The fraction of sp³-hybridized carbons (Fsp3) is 0.333. The molecule has 2 aromatic carbocycles. The van der Waals surface area contributed by atoms with Crippen LogP contribution in [0, 0.1) is 10.1 Å². The van der Waals surface area contributed by atoms with E-state index in [9.17, 15) is 18.5 Å². The van der Waals surface area contributed by atoms with E-state index in [0.717, 1.165) is 37.3 Å². The van der Waals surface area contributed by atoms with Crippen LogP contribution in [0.15, 0.2) is 41.3 Å². The maximum atomic E-state index is 12.0. The summed E-state index contributed by atoms with van der Waals surface area (Å²) in [5.74, 6) is 0. The van der Waals surface area contributed by atoms with Gasteiger partial charge in [0.15, 0.2) is 9.84 Å². The summed E-state index contributed by atoms with van der Waals surface area (Å²) < 4.78 is 24.0. The van der Waals surface area contributed by atoms with E-state index in [1.54, 1.807) is 0 Å². The number of nitro groups is 1. The summed E-state index contributed by atoms with van der Waals surface area (Å²) in [6, 6.07) is 10.1. The molecule has 0 saturated carbocycles. The topological polar surface area (TPSA) is 92.5 Å². The lowest BCUT2D eigenvalue weighted by Crippen LogP contribution is -2.24. The smallest absolute Gasteiger partial charge is 0.270 e. The van der Waals surface area contributed by atoms with Gasteiger partial charge in [-0.05, 0) is 36.1 Å². The third-order valence-electron chi connectivity index (χ3n) is 4.55. The van der Waals surface area contributed by atoms with Crippen molar-refractivity contribution in [2.75, 3.05) is 30.1 Å². The standard InChI is InChI=1S/C18H21N3O4S/c1-20-9-3-4-14-10-13(5-8-17(14)20)12-19-16-7-6-15(21(22)23)11-18(16)26(2,24)25/h5-8,10-11,19H,3-4,9,12H2,1-2H3. The number of rotatable bonds is 5. The van der Waals surface area contributed by atoms with E-state index >= 15 is 0 Å². The van der Waals surface area contributed by atoms with Gasteiger partial charge in [0.2, 0.25) is 0 Å². The summed E-state index contributed by atoms with van der Waals surface area (Å²) in [7, 11) is -1.51. The van der Waals surface area contributed by atoms with Crippen LogP contribution in [-0.4, -0.2) is 33.2 Å². The molecule has 0 radical (unpaired) electrons. The molecule has 8 heteroatoms. The van der Waals surface area contributed by atoms with Gasteiger partial charge in [-0.3, -0.25) is 10.1 Å². The second-order valence-electron chi connectivity index (χ2n) is 6.55. The van der Waals surface area contributed by atoms with Crippen molar-refractivity contribution in [1.82, 2.24) is 0 Å².